The van der Waals surface area contributed by atoms with E-state index in [1.165, 1.54) is 5.56 Å². The predicted molar refractivity (Wildman–Crippen MR) is 110 cm³/mol. The first kappa shape index (κ1) is 19.7. The molecule has 1 aromatic carbocycles. The molecule has 7 heteroatoms. The van der Waals surface area contributed by atoms with Gasteiger partial charge in [0.2, 0.25) is 0 Å². The van der Waals surface area contributed by atoms with Crippen LogP contribution in [-0.4, -0.2) is 27.7 Å². The number of hydrogen-bond donors (Lipinski definition) is 2. The number of aryl methyl sites for hydroxylation is 2. The van der Waals surface area contributed by atoms with Gasteiger partial charge in [0, 0.05) is 44.5 Å². The number of rotatable bonds is 8. The molecule has 0 spiro atoms. The zero-order valence-corrected chi connectivity index (χ0v) is 16.8. The molecule has 0 amide bonds. The molecule has 0 aliphatic rings. The van der Waals surface area contributed by atoms with E-state index < -0.39 is 0 Å². The largest absolute Gasteiger partial charge is 0.361 e. The number of nitrogens with one attached hydrogen (secondary N) is 2. The van der Waals surface area contributed by atoms with E-state index in [2.05, 4.69) is 68.4 Å². The van der Waals surface area contributed by atoms with Crippen molar-refractivity contribution in [1.29, 1.82) is 0 Å². The van der Waals surface area contributed by atoms with E-state index in [4.69, 9.17) is 4.52 Å². The Balaban J connectivity index is 1.58. The van der Waals surface area contributed by atoms with E-state index in [0.717, 1.165) is 48.2 Å². The molecule has 0 bridgehead atoms. The van der Waals surface area contributed by atoms with E-state index in [1.54, 1.807) is 7.05 Å². The van der Waals surface area contributed by atoms with Gasteiger partial charge in [-0.15, -0.1) is 0 Å². The van der Waals surface area contributed by atoms with Crippen LogP contribution in [0, 0.1) is 0 Å². The molecule has 0 fully saturated rings. The highest BCUT2D eigenvalue weighted by atomic mass is 16.5. The molecule has 0 saturated heterocycles. The number of guanidine groups is 1. The number of benzene rings is 1. The zero-order chi connectivity index (χ0) is 19.8. The van der Waals surface area contributed by atoms with Crippen LogP contribution in [0.5, 0.6) is 0 Å². The summed E-state index contributed by atoms with van der Waals surface area (Å²) in [4.78, 5) is 8.79. The molecular formula is C21H28N6O. The molecule has 0 aliphatic heterocycles. The maximum atomic E-state index is 5.43. The lowest BCUT2D eigenvalue weighted by atomic mass is 10.1. The third kappa shape index (κ3) is 4.79. The highest BCUT2D eigenvalue weighted by Crippen LogP contribution is 2.15. The summed E-state index contributed by atoms with van der Waals surface area (Å²) in [6, 6.07) is 10.4. The fourth-order valence-electron chi connectivity index (χ4n) is 3.12. The molecule has 0 radical (unpaired) electrons. The van der Waals surface area contributed by atoms with Crippen LogP contribution < -0.4 is 10.6 Å². The summed E-state index contributed by atoms with van der Waals surface area (Å²) in [5.41, 5.74) is 3.37. The van der Waals surface area contributed by atoms with Crippen molar-refractivity contribution >= 4 is 5.96 Å². The van der Waals surface area contributed by atoms with Crippen molar-refractivity contribution in [2.75, 3.05) is 7.05 Å². The van der Waals surface area contributed by atoms with Gasteiger partial charge in [-0.25, -0.2) is 4.98 Å². The minimum atomic E-state index is 0.588. The highest BCUT2D eigenvalue weighted by molar-refractivity contribution is 5.79. The van der Waals surface area contributed by atoms with Crippen LogP contribution in [0.1, 0.15) is 42.3 Å². The summed E-state index contributed by atoms with van der Waals surface area (Å²) in [7, 11) is 1.76. The molecule has 148 valence electrons. The summed E-state index contributed by atoms with van der Waals surface area (Å²) in [6.45, 7) is 6.17. The second-order valence-electron chi connectivity index (χ2n) is 6.47. The van der Waals surface area contributed by atoms with Crippen LogP contribution in [-0.2, 0) is 32.5 Å². The summed E-state index contributed by atoms with van der Waals surface area (Å²) < 4.78 is 7.57. The zero-order valence-electron chi connectivity index (χ0n) is 16.8. The number of aromatic nitrogens is 3. The lowest BCUT2D eigenvalue weighted by Crippen LogP contribution is -2.37. The van der Waals surface area contributed by atoms with E-state index in [1.807, 2.05) is 18.5 Å². The Morgan fingerprint density at radius 3 is 2.61 bits per heavy atom. The minimum Gasteiger partial charge on any atom is -0.361 e. The van der Waals surface area contributed by atoms with Crippen LogP contribution in [0.3, 0.4) is 0 Å². The van der Waals surface area contributed by atoms with Crippen LogP contribution in [0.2, 0.25) is 0 Å². The van der Waals surface area contributed by atoms with Gasteiger partial charge < -0.3 is 19.7 Å². The first-order valence-corrected chi connectivity index (χ1v) is 9.69. The molecule has 0 atom stereocenters. The second kappa shape index (κ2) is 9.73. The van der Waals surface area contributed by atoms with Crippen molar-refractivity contribution in [3.63, 3.8) is 0 Å². The number of imidazole rings is 1. The lowest BCUT2D eigenvalue weighted by Gasteiger charge is -2.13. The van der Waals surface area contributed by atoms with E-state index in [-0.39, 0.29) is 0 Å². The van der Waals surface area contributed by atoms with Gasteiger partial charge in [0.05, 0.1) is 12.2 Å². The van der Waals surface area contributed by atoms with Gasteiger partial charge in [-0.05, 0) is 12.0 Å². The topological polar surface area (TPSA) is 80.3 Å². The van der Waals surface area contributed by atoms with Crippen molar-refractivity contribution in [3.05, 3.63) is 71.1 Å². The maximum Gasteiger partial charge on any atom is 0.191 e. The van der Waals surface area contributed by atoms with Gasteiger partial charge in [0.1, 0.15) is 11.6 Å². The average molecular weight is 380 g/mol. The monoisotopic (exact) mass is 380 g/mol. The molecule has 7 nitrogen and oxygen atoms in total. The normalized spacial score (nSPS) is 11.6. The molecule has 3 rings (SSSR count). The quantitative estimate of drug-likeness (QED) is 0.464. The second-order valence-corrected chi connectivity index (χ2v) is 6.47. The third-order valence-electron chi connectivity index (χ3n) is 4.67. The Hall–Kier alpha value is -3.09. The first-order valence-electron chi connectivity index (χ1n) is 9.69. The van der Waals surface area contributed by atoms with Crippen molar-refractivity contribution in [3.8, 4) is 0 Å². The third-order valence-corrected chi connectivity index (χ3v) is 4.67. The molecule has 3 aromatic rings. The van der Waals surface area contributed by atoms with Crippen molar-refractivity contribution in [1.82, 2.24) is 25.3 Å². The van der Waals surface area contributed by atoms with E-state index >= 15 is 0 Å². The number of aliphatic imine (C=N–C) groups is 1. The maximum absolute atomic E-state index is 5.43. The van der Waals surface area contributed by atoms with E-state index in [9.17, 15) is 0 Å². The Bertz CT molecular complexity index is 875. The Morgan fingerprint density at radius 2 is 1.89 bits per heavy atom. The average Bonchev–Trinajstić information content (AvgIpc) is 3.35. The van der Waals surface area contributed by atoms with Crippen molar-refractivity contribution in [2.24, 2.45) is 4.99 Å². The molecule has 2 aromatic heterocycles. The SMILES string of the molecule is CCc1noc(CC)c1CNC(=NC)NCc1nccn1Cc1ccccc1. The summed E-state index contributed by atoms with van der Waals surface area (Å²) in [6.07, 6.45) is 5.50. The van der Waals surface area contributed by atoms with Crippen LogP contribution in [0.4, 0.5) is 0 Å². The highest BCUT2D eigenvalue weighted by Gasteiger charge is 2.14. The Morgan fingerprint density at radius 1 is 1.11 bits per heavy atom. The lowest BCUT2D eigenvalue weighted by molar-refractivity contribution is 0.380. The standard InChI is InChI=1S/C21H28N6O/c1-4-18-17(19(5-2)28-26-18)13-24-21(22-3)25-14-20-23-11-12-27(20)15-16-9-7-6-8-10-16/h6-12H,4-5,13-15H2,1-3H3,(H2,22,24,25). The Kier molecular flexibility index (Phi) is 6.84. The summed E-state index contributed by atoms with van der Waals surface area (Å²) in [5.74, 6) is 2.61. The molecule has 0 aliphatic carbocycles. The van der Waals surface area contributed by atoms with Gasteiger partial charge in [-0.1, -0.05) is 49.3 Å². The minimum absolute atomic E-state index is 0.588. The molecule has 0 saturated carbocycles. The number of nitrogens with zero attached hydrogens (tertiary/aromatic N) is 4. The van der Waals surface area contributed by atoms with Crippen LogP contribution >= 0.6 is 0 Å². The fraction of sp³-hybridized carbons (Fsp3) is 0.381. The molecular weight excluding hydrogens is 352 g/mol. The Labute approximate surface area is 165 Å². The molecule has 2 heterocycles. The molecule has 28 heavy (non-hydrogen) atoms. The van der Waals surface area contributed by atoms with Gasteiger partial charge in [-0.2, -0.15) is 0 Å². The molecule has 2 N–H and O–H groups in total. The molecule has 0 unspecified atom stereocenters. The van der Waals surface area contributed by atoms with Gasteiger partial charge >= 0.3 is 0 Å². The van der Waals surface area contributed by atoms with Crippen molar-refractivity contribution < 1.29 is 4.52 Å². The van der Waals surface area contributed by atoms with Gasteiger partial charge in [0.15, 0.2) is 5.96 Å². The van der Waals surface area contributed by atoms with Crippen LogP contribution in [0.15, 0.2) is 52.2 Å². The summed E-state index contributed by atoms with van der Waals surface area (Å²) >= 11 is 0. The van der Waals surface area contributed by atoms with Crippen molar-refractivity contribution in [2.45, 2.75) is 46.3 Å². The van der Waals surface area contributed by atoms with E-state index in [0.29, 0.717) is 13.1 Å². The smallest absolute Gasteiger partial charge is 0.191 e. The predicted octanol–water partition coefficient (Wildman–Crippen LogP) is 2.91. The first-order chi connectivity index (χ1) is 13.7. The van der Waals surface area contributed by atoms with Crippen LogP contribution in [0.25, 0.3) is 0 Å². The van der Waals surface area contributed by atoms with Gasteiger partial charge in [-0.3, -0.25) is 4.99 Å². The fourth-order valence-corrected chi connectivity index (χ4v) is 3.12. The van der Waals surface area contributed by atoms with Gasteiger partial charge in [0.25, 0.3) is 0 Å². The summed E-state index contributed by atoms with van der Waals surface area (Å²) in [5, 5.41) is 10.9. The number of hydrogen-bond acceptors (Lipinski definition) is 4.